The molecule has 0 N–H and O–H groups in total. The third-order valence-electron chi connectivity index (χ3n) is 12.6. The lowest BCUT2D eigenvalue weighted by atomic mass is 9.97. The fourth-order valence-corrected chi connectivity index (χ4v) is 9.68. The van der Waals surface area contributed by atoms with E-state index in [9.17, 15) is 67.1 Å². The van der Waals surface area contributed by atoms with Gasteiger partial charge in [0, 0.05) is 96.9 Å². The molecule has 0 aromatic heterocycles. The van der Waals surface area contributed by atoms with Gasteiger partial charge in [0.05, 0.1) is 13.2 Å². The first kappa shape index (κ1) is 77.8. The fraction of sp³-hybridized carbons (Fsp3) is 0.690. The summed E-state index contributed by atoms with van der Waals surface area (Å²) in [5, 5.41) is 0. The van der Waals surface area contributed by atoms with Gasteiger partial charge in [-0.05, 0) is 11.8 Å². The van der Waals surface area contributed by atoms with Gasteiger partial charge in [0.15, 0.2) is 98.4 Å². The second kappa shape index (κ2) is 37.3. The average molecular weight is 1350 g/mol. The van der Waals surface area contributed by atoms with Gasteiger partial charge in [0.1, 0.15) is 50.8 Å². The van der Waals surface area contributed by atoms with Gasteiger partial charge < -0.3 is 104 Å². The van der Waals surface area contributed by atoms with Crippen molar-refractivity contribution in [3.8, 4) is 23.7 Å². The first-order chi connectivity index (χ1) is 44.1. The van der Waals surface area contributed by atoms with E-state index in [4.69, 9.17) is 104 Å². The van der Waals surface area contributed by atoms with Crippen LogP contribution in [0.4, 0.5) is 0 Å². The number of carbonyl (C=O) groups is 14. The van der Waals surface area contributed by atoms with E-state index in [1.165, 1.54) is 0 Å². The smallest absolute Gasteiger partial charge is 0.303 e. The minimum atomic E-state index is -1.80. The lowest BCUT2D eigenvalue weighted by Gasteiger charge is -2.46. The van der Waals surface area contributed by atoms with Gasteiger partial charge in [-0.15, -0.1) is 0 Å². The standard InChI is InChI=1S/C58H74O36/c1-25(59)75-21-39-43(79-27(3)61)49(85-33(9)67)53(89-37(13)71)57(93-39)77-23-41-45(81-29(5)63)47(83-31(7)65)51(87-35(11)69)55(91-41)73-19-17-15-16-18-20-74-56-52(88-36(12)70)48(84-32(8)66)46(82-30(6)64)42(92-56)24-78-58-54(90-38(14)72)50(86-34(10)68)44(80-28(4)62)40(94-58)22-76-26(2)60/h39-58H,19-24H2,1-14H3/t39-,40-,41-,42-,43+,44+,45-,46-,47+,48+,49+,50+,51-,52-,53-,54-,55-,56-,57-,58-/m1/s1. The molecule has 0 aromatic rings. The molecular weight excluding hydrogens is 1270 g/mol. The zero-order valence-electron chi connectivity index (χ0n) is 53.5. The molecule has 522 valence electrons. The molecule has 0 saturated carbocycles. The maximum atomic E-state index is 12.7. The van der Waals surface area contributed by atoms with E-state index >= 15 is 0 Å². The second-order valence-electron chi connectivity index (χ2n) is 20.6. The topological polar surface area (TPSA) is 442 Å². The first-order valence-electron chi connectivity index (χ1n) is 28.5. The van der Waals surface area contributed by atoms with Crippen LogP contribution in [0, 0.1) is 23.7 Å². The maximum Gasteiger partial charge on any atom is 0.303 e. The Morgan fingerprint density at radius 1 is 0.234 bits per heavy atom. The van der Waals surface area contributed by atoms with Crippen molar-refractivity contribution >= 4 is 83.6 Å². The summed E-state index contributed by atoms with van der Waals surface area (Å²) in [4.78, 5) is 174. The molecule has 0 radical (unpaired) electrons. The Labute approximate surface area is 536 Å². The SMILES string of the molecule is CC(=O)OC[C@H]1O[C@@H](OC[C@H]2O[C@@H](OCC#CC#CCO[C@@H]3O[C@H](CO[C@@H]4O[C@H](COC(C)=O)[C@H](OC(C)=O)[C@H](OC(C)=O)[C@H]4OC(C)=O)[C@@H](OC(C)=O)[C@H](OC(C)=O)[C@H]3OC(C)=O)[C@H](OC(C)=O)[C@@H](OC(C)=O)[C@@H]2OC(C)=O)[C@H](OC(C)=O)[C@@H](OC(C)=O)[C@H]1OC(C)=O. The fourth-order valence-electron chi connectivity index (χ4n) is 9.68. The predicted octanol–water partition coefficient (Wildman–Crippen LogP) is -1.73. The van der Waals surface area contributed by atoms with Crippen molar-refractivity contribution in [2.75, 3.05) is 39.6 Å². The normalized spacial score (nSPS) is 30.1. The lowest BCUT2D eigenvalue weighted by Crippen LogP contribution is -2.65. The first-order valence-corrected chi connectivity index (χ1v) is 28.5. The Kier molecular flexibility index (Phi) is 30.9. The highest BCUT2D eigenvalue weighted by molar-refractivity contribution is 5.72. The Morgan fingerprint density at radius 2 is 0.415 bits per heavy atom. The number of esters is 14. The molecule has 20 atom stereocenters. The van der Waals surface area contributed by atoms with Crippen molar-refractivity contribution in [1.82, 2.24) is 0 Å². The van der Waals surface area contributed by atoms with Gasteiger partial charge in [-0.25, -0.2) is 0 Å². The number of ether oxygens (including phenoxy) is 22. The molecule has 36 heteroatoms. The van der Waals surface area contributed by atoms with Crippen LogP contribution in [0.15, 0.2) is 0 Å². The van der Waals surface area contributed by atoms with E-state index in [0.29, 0.717) is 0 Å². The van der Waals surface area contributed by atoms with Crippen LogP contribution in [-0.2, 0) is 171 Å². The monoisotopic (exact) mass is 1350 g/mol. The van der Waals surface area contributed by atoms with Crippen LogP contribution in [0.2, 0.25) is 0 Å². The van der Waals surface area contributed by atoms with Crippen LogP contribution >= 0.6 is 0 Å². The summed E-state index contributed by atoms with van der Waals surface area (Å²) in [6, 6.07) is 0. The molecule has 0 spiro atoms. The molecule has 36 nitrogen and oxygen atoms in total. The van der Waals surface area contributed by atoms with Crippen LogP contribution in [-0.4, -0.2) is 246 Å². The second-order valence-corrected chi connectivity index (χ2v) is 20.6. The van der Waals surface area contributed by atoms with E-state index in [2.05, 4.69) is 23.7 Å². The van der Waals surface area contributed by atoms with Gasteiger partial charge in [-0.3, -0.25) is 67.1 Å². The van der Waals surface area contributed by atoms with E-state index < -0.39 is 246 Å². The van der Waals surface area contributed by atoms with Crippen molar-refractivity contribution in [2.24, 2.45) is 0 Å². The Hall–Kier alpha value is -8.62. The zero-order chi connectivity index (χ0) is 70.3. The molecule has 4 fully saturated rings. The summed E-state index contributed by atoms with van der Waals surface area (Å²) < 4.78 is 124. The van der Waals surface area contributed by atoms with Gasteiger partial charge >= 0.3 is 83.6 Å². The summed E-state index contributed by atoms with van der Waals surface area (Å²) in [5.41, 5.74) is 0. The molecule has 4 heterocycles. The Morgan fingerprint density at radius 3 is 0.617 bits per heavy atom. The molecule has 4 aliphatic rings. The Bertz CT molecular complexity index is 2690. The molecule has 0 unspecified atom stereocenters. The van der Waals surface area contributed by atoms with Crippen molar-refractivity contribution in [2.45, 2.75) is 220 Å². The number of carbonyl (C=O) groups excluding carboxylic acids is 14. The van der Waals surface area contributed by atoms with Crippen molar-refractivity contribution in [3.63, 3.8) is 0 Å². The van der Waals surface area contributed by atoms with Crippen molar-refractivity contribution in [3.05, 3.63) is 0 Å². The lowest BCUT2D eigenvalue weighted by molar-refractivity contribution is -0.333. The molecule has 94 heavy (non-hydrogen) atoms. The van der Waals surface area contributed by atoms with Gasteiger partial charge in [-0.1, -0.05) is 11.8 Å². The molecule has 0 bridgehead atoms. The summed E-state index contributed by atoms with van der Waals surface area (Å²) in [5.74, 6) is -3.07. The predicted molar refractivity (Wildman–Crippen MR) is 294 cm³/mol. The third kappa shape index (κ3) is 25.0. The molecule has 0 aliphatic carbocycles. The number of hydrogen-bond donors (Lipinski definition) is 0. The summed E-state index contributed by atoms with van der Waals surface area (Å²) in [6.45, 7) is 9.96. The van der Waals surface area contributed by atoms with Crippen LogP contribution in [0.25, 0.3) is 0 Å². The van der Waals surface area contributed by atoms with E-state index in [1.807, 2.05) is 0 Å². The van der Waals surface area contributed by atoms with Gasteiger partial charge in [0.25, 0.3) is 0 Å². The highest BCUT2D eigenvalue weighted by Crippen LogP contribution is 2.36. The maximum absolute atomic E-state index is 12.7. The van der Waals surface area contributed by atoms with Crippen LogP contribution in [0.1, 0.15) is 96.9 Å². The molecular formula is C58H74O36. The van der Waals surface area contributed by atoms with Gasteiger partial charge in [-0.2, -0.15) is 0 Å². The summed E-state index contributed by atoms with van der Waals surface area (Å²) in [6.07, 6.45) is -33.5. The van der Waals surface area contributed by atoms with E-state index in [0.717, 1.165) is 96.9 Å². The summed E-state index contributed by atoms with van der Waals surface area (Å²) >= 11 is 0. The van der Waals surface area contributed by atoms with E-state index in [1.54, 1.807) is 0 Å². The minimum Gasteiger partial charge on any atom is -0.463 e. The zero-order valence-corrected chi connectivity index (χ0v) is 53.5. The largest absolute Gasteiger partial charge is 0.463 e. The molecule has 4 saturated heterocycles. The Balaban J connectivity index is 1.66. The quantitative estimate of drug-likeness (QED) is 0.0527. The number of hydrogen-bond acceptors (Lipinski definition) is 36. The molecule has 4 rings (SSSR count). The molecule has 0 aromatic carbocycles. The highest BCUT2D eigenvalue weighted by atomic mass is 16.8. The van der Waals surface area contributed by atoms with Gasteiger partial charge in [0.2, 0.25) is 0 Å². The van der Waals surface area contributed by atoms with Crippen LogP contribution in [0.5, 0.6) is 0 Å². The highest BCUT2D eigenvalue weighted by Gasteiger charge is 2.58. The van der Waals surface area contributed by atoms with Crippen molar-refractivity contribution in [1.29, 1.82) is 0 Å². The van der Waals surface area contributed by atoms with E-state index in [-0.39, 0.29) is 0 Å². The molecule has 4 aliphatic heterocycles. The third-order valence-corrected chi connectivity index (χ3v) is 12.6. The minimum absolute atomic E-state index is 0.626. The van der Waals surface area contributed by atoms with Crippen LogP contribution in [0.3, 0.4) is 0 Å². The average Bonchev–Trinajstić information content (AvgIpc) is 0.804. The summed E-state index contributed by atoms with van der Waals surface area (Å²) in [7, 11) is 0. The number of rotatable bonds is 26. The van der Waals surface area contributed by atoms with Crippen LogP contribution < -0.4 is 0 Å². The molecule has 0 amide bonds. The van der Waals surface area contributed by atoms with Crippen molar-refractivity contribution < 1.29 is 171 Å².